The summed E-state index contributed by atoms with van der Waals surface area (Å²) in [5.41, 5.74) is 0.544. The van der Waals surface area contributed by atoms with Crippen molar-refractivity contribution >= 4 is 11.7 Å². The molecule has 188 valence electrons. The van der Waals surface area contributed by atoms with Gasteiger partial charge in [0.25, 0.3) is 0 Å². The lowest BCUT2D eigenvalue weighted by molar-refractivity contribution is -0.144. The van der Waals surface area contributed by atoms with Gasteiger partial charge < -0.3 is 14.9 Å². The molecular weight excluding hydrogens is 419 g/mol. The zero-order chi connectivity index (χ0) is 24.8. The molecule has 0 spiro atoms. The monoisotopic (exact) mass is 464 g/mol. The van der Waals surface area contributed by atoms with Crippen LogP contribution in [0.3, 0.4) is 0 Å². The number of nitrogens with zero attached hydrogens (tertiary/aromatic N) is 1. The lowest BCUT2D eigenvalue weighted by atomic mass is 9.90. The van der Waals surface area contributed by atoms with Gasteiger partial charge in [0.05, 0.1) is 19.8 Å². The van der Waals surface area contributed by atoms with E-state index in [1.165, 1.54) is 18.9 Å². The minimum absolute atomic E-state index is 0.123. The van der Waals surface area contributed by atoms with Crippen LogP contribution in [0.4, 0.5) is 4.39 Å². The van der Waals surface area contributed by atoms with E-state index in [-0.39, 0.29) is 11.7 Å². The van der Waals surface area contributed by atoms with Gasteiger partial charge in [0.1, 0.15) is 11.6 Å². The van der Waals surface area contributed by atoms with Gasteiger partial charge in [0.15, 0.2) is 0 Å². The maximum absolute atomic E-state index is 13.9. The number of carbonyl (C=O) groups is 1. The van der Waals surface area contributed by atoms with Crippen LogP contribution in [0, 0.1) is 29.0 Å². The highest BCUT2D eigenvalue weighted by Gasteiger charge is 2.43. The lowest BCUT2D eigenvalue weighted by Crippen LogP contribution is -2.38. The molecule has 1 aliphatic carbocycles. The molecule has 1 heterocycles. The van der Waals surface area contributed by atoms with Crippen LogP contribution in [0.5, 0.6) is 5.75 Å². The number of piperidine rings is 1. The van der Waals surface area contributed by atoms with Crippen molar-refractivity contribution in [2.24, 2.45) is 17.8 Å². The summed E-state index contributed by atoms with van der Waals surface area (Å²) in [6, 6.07) is 4.72. The minimum Gasteiger partial charge on any atom is -0.493 e. The van der Waals surface area contributed by atoms with Gasteiger partial charge in [0.2, 0.25) is 0 Å². The zero-order valence-corrected chi connectivity index (χ0v) is 21.6. The number of carbonyl (C=O) groups excluding carboxylic acids is 1. The Morgan fingerprint density at radius 3 is 2.36 bits per heavy atom. The summed E-state index contributed by atoms with van der Waals surface area (Å²) in [6.45, 7) is 15.1. The first-order valence-electron chi connectivity index (χ1n) is 12.7. The Labute approximate surface area is 200 Å². The zero-order valence-electron chi connectivity index (χ0n) is 21.6. The number of halogens is 1. The predicted molar refractivity (Wildman–Crippen MR) is 134 cm³/mol. The normalized spacial score (nSPS) is 20.0. The summed E-state index contributed by atoms with van der Waals surface area (Å²) in [4.78, 5) is 13.8. The third-order valence-corrected chi connectivity index (χ3v) is 5.97. The highest BCUT2D eigenvalue weighted by Crippen LogP contribution is 2.49. The fraction of sp³-hybridized carbons (Fsp3) is 0.704. The van der Waals surface area contributed by atoms with E-state index in [4.69, 9.17) is 14.9 Å². The molecule has 1 aromatic carbocycles. The van der Waals surface area contributed by atoms with Crippen molar-refractivity contribution in [1.82, 2.24) is 4.90 Å². The molecular formula is C27H45FN2O3. The van der Waals surface area contributed by atoms with E-state index in [1.807, 2.05) is 20.8 Å². The predicted octanol–water partition coefficient (Wildman–Crippen LogP) is 6.34. The fourth-order valence-corrected chi connectivity index (χ4v) is 4.33. The van der Waals surface area contributed by atoms with Crippen molar-refractivity contribution < 1.29 is 18.7 Å². The molecule has 0 bridgehead atoms. The topological polar surface area (TPSA) is 62.6 Å². The second-order valence-corrected chi connectivity index (χ2v) is 8.69. The molecule has 1 saturated heterocycles. The van der Waals surface area contributed by atoms with Crippen LogP contribution < -0.4 is 4.74 Å². The third kappa shape index (κ3) is 10.2. The Hall–Kier alpha value is -1.95. The molecule has 1 saturated carbocycles. The molecule has 2 unspecified atom stereocenters. The number of likely N-dealkylation sites (tertiary alicyclic amines) is 1. The van der Waals surface area contributed by atoms with Crippen LogP contribution in [0.25, 0.3) is 0 Å². The number of rotatable bonds is 9. The van der Waals surface area contributed by atoms with Gasteiger partial charge in [-0.3, -0.25) is 9.69 Å². The summed E-state index contributed by atoms with van der Waals surface area (Å²) < 4.78 is 24.7. The number of benzene rings is 1. The van der Waals surface area contributed by atoms with E-state index in [1.54, 1.807) is 19.1 Å². The molecule has 2 atom stereocenters. The summed E-state index contributed by atoms with van der Waals surface area (Å²) in [6.07, 6.45) is 5.81. The SMILES string of the molecule is CC.CCC.CCOC(=O)CN1CCC(C2CC2CCOc2ccc(C(C)=N)c(F)c2)CC1. The van der Waals surface area contributed by atoms with E-state index in [9.17, 15) is 9.18 Å². The van der Waals surface area contributed by atoms with E-state index < -0.39 is 5.82 Å². The second-order valence-electron chi connectivity index (χ2n) is 8.69. The van der Waals surface area contributed by atoms with Gasteiger partial charge in [0, 0.05) is 17.3 Å². The highest BCUT2D eigenvalue weighted by molar-refractivity contribution is 5.96. The molecule has 0 radical (unpaired) electrons. The standard InChI is InChI=1S/C22H31FN2O3.C3H8.C2H6/c1-3-27-22(26)14-25-9-6-16(7-10-25)20-12-17(20)8-11-28-18-4-5-19(15(2)24)21(23)13-18;1-3-2;1-2/h4-5,13,16-17,20,24H,3,6-12,14H2,1-2H3;3H2,1-2H3;1-2H3. The smallest absolute Gasteiger partial charge is 0.320 e. The summed E-state index contributed by atoms with van der Waals surface area (Å²) in [5.74, 6) is 2.23. The molecule has 0 amide bonds. The molecule has 2 aliphatic rings. The molecule has 2 fully saturated rings. The van der Waals surface area contributed by atoms with Gasteiger partial charge in [-0.25, -0.2) is 4.39 Å². The Morgan fingerprint density at radius 2 is 1.82 bits per heavy atom. The Bertz CT molecular complexity index is 717. The second kappa shape index (κ2) is 15.8. The molecule has 0 aromatic heterocycles. The van der Waals surface area contributed by atoms with Crippen molar-refractivity contribution in [2.45, 2.75) is 73.6 Å². The van der Waals surface area contributed by atoms with Crippen molar-refractivity contribution in [2.75, 3.05) is 32.8 Å². The van der Waals surface area contributed by atoms with E-state index in [0.717, 1.165) is 44.2 Å². The maximum atomic E-state index is 13.9. The summed E-state index contributed by atoms with van der Waals surface area (Å²) >= 11 is 0. The van der Waals surface area contributed by atoms with Gasteiger partial charge in [-0.05, 0) is 82.5 Å². The molecule has 1 N–H and O–H groups in total. The fourth-order valence-electron chi connectivity index (χ4n) is 4.33. The van der Waals surface area contributed by atoms with Crippen molar-refractivity contribution in [3.05, 3.63) is 29.6 Å². The number of hydrogen-bond acceptors (Lipinski definition) is 5. The van der Waals surface area contributed by atoms with Crippen molar-refractivity contribution in [1.29, 1.82) is 5.41 Å². The number of hydrogen-bond donors (Lipinski definition) is 1. The Morgan fingerprint density at radius 1 is 1.18 bits per heavy atom. The largest absolute Gasteiger partial charge is 0.493 e. The van der Waals surface area contributed by atoms with Crippen LogP contribution in [-0.4, -0.2) is 49.4 Å². The van der Waals surface area contributed by atoms with E-state index in [2.05, 4.69) is 18.7 Å². The lowest BCUT2D eigenvalue weighted by Gasteiger charge is -2.31. The van der Waals surface area contributed by atoms with Crippen LogP contribution in [-0.2, 0) is 9.53 Å². The third-order valence-electron chi connectivity index (χ3n) is 5.97. The number of esters is 1. The van der Waals surface area contributed by atoms with Crippen LogP contribution in [0.15, 0.2) is 18.2 Å². The minimum atomic E-state index is -0.399. The molecule has 5 nitrogen and oxygen atoms in total. The average molecular weight is 465 g/mol. The first kappa shape index (κ1) is 29.1. The Balaban J connectivity index is 0.00000101. The number of nitrogens with one attached hydrogen (secondary N) is 1. The van der Waals surface area contributed by atoms with E-state index in [0.29, 0.717) is 37.0 Å². The molecule has 6 heteroatoms. The van der Waals surface area contributed by atoms with Crippen molar-refractivity contribution in [3.63, 3.8) is 0 Å². The number of ether oxygens (including phenoxy) is 2. The van der Waals surface area contributed by atoms with Gasteiger partial charge >= 0.3 is 5.97 Å². The van der Waals surface area contributed by atoms with Crippen LogP contribution >= 0.6 is 0 Å². The molecule has 33 heavy (non-hydrogen) atoms. The van der Waals surface area contributed by atoms with Gasteiger partial charge in [-0.1, -0.05) is 34.1 Å². The summed E-state index contributed by atoms with van der Waals surface area (Å²) in [7, 11) is 0. The quantitative estimate of drug-likeness (QED) is 0.342. The van der Waals surface area contributed by atoms with Crippen molar-refractivity contribution in [3.8, 4) is 5.75 Å². The first-order valence-corrected chi connectivity index (χ1v) is 12.7. The van der Waals surface area contributed by atoms with Gasteiger partial charge in [-0.2, -0.15) is 0 Å². The first-order chi connectivity index (χ1) is 15.9. The molecule has 1 aliphatic heterocycles. The molecule has 3 rings (SSSR count). The van der Waals surface area contributed by atoms with E-state index >= 15 is 0 Å². The van der Waals surface area contributed by atoms with Crippen LogP contribution in [0.1, 0.15) is 79.2 Å². The molecule has 1 aromatic rings. The van der Waals surface area contributed by atoms with Crippen LogP contribution in [0.2, 0.25) is 0 Å². The summed E-state index contributed by atoms with van der Waals surface area (Å²) in [5, 5.41) is 7.53. The van der Waals surface area contributed by atoms with Gasteiger partial charge in [-0.15, -0.1) is 0 Å². The average Bonchev–Trinajstić information content (AvgIpc) is 3.56. The Kier molecular flexibility index (Phi) is 13.9. The highest BCUT2D eigenvalue weighted by atomic mass is 19.1. The maximum Gasteiger partial charge on any atom is 0.320 e.